The summed E-state index contributed by atoms with van der Waals surface area (Å²) in [6.45, 7) is 4.25. The number of benzene rings is 3. The highest BCUT2D eigenvalue weighted by Gasteiger charge is 2.28. The van der Waals surface area contributed by atoms with Crippen LogP contribution in [0, 0.1) is 11.8 Å². The summed E-state index contributed by atoms with van der Waals surface area (Å²) in [6, 6.07) is 25.8. The molecule has 3 aromatic rings. The Bertz CT molecular complexity index is 1210. The van der Waals surface area contributed by atoms with E-state index in [0.717, 1.165) is 36.0 Å². The van der Waals surface area contributed by atoms with E-state index in [2.05, 4.69) is 17.4 Å². The second-order valence-corrected chi connectivity index (χ2v) is 10.7. The maximum absolute atomic E-state index is 13.3. The summed E-state index contributed by atoms with van der Waals surface area (Å²) in [5.74, 6) is -2.73. The van der Waals surface area contributed by atoms with Crippen molar-refractivity contribution in [2.75, 3.05) is 13.1 Å². The molecule has 3 aromatic carbocycles. The van der Waals surface area contributed by atoms with Gasteiger partial charge < -0.3 is 20.4 Å². The van der Waals surface area contributed by atoms with Crippen molar-refractivity contribution >= 4 is 18.0 Å². The van der Waals surface area contributed by atoms with E-state index >= 15 is 0 Å². The van der Waals surface area contributed by atoms with Gasteiger partial charge in [0, 0.05) is 19.5 Å². The van der Waals surface area contributed by atoms with E-state index in [1.807, 2.05) is 86.6 Å². The van der Waals surface area contributed by atoms with Crippen molar-refractivity contribution in [1.29, 1.82) is 0 Å². The number of unbranched alkanes of at least 4 members (excludes halogenated alkanes) is 1. The van der Waals surface area contributed by atoms with Crippen LogP contribution in [0.4, 0.5) is 4.79 Å². The van der Waals surface area contributed by atoms with Gasteiger partial charge in [0.25, 0.3) is 0 Å². The Kier molecular flexibility index (Phi) is 11.8. The Morgan fingerprint density at radius 3 is 1.90 bits per heavy atom. The van der Waals surface area contributed by atoms with E-state index in [1.165, 1.54) is 10.5 Å². The largest absolute Gasteiger partial charge is 0.481 e. The first-order valence-corrected chi connectivity index (χ1v) is 13.9. The predicted molar refractivity (Wildman–Crippen MR) is 157 cm³/mol. The number of nitrogens with zero attached hydrogens (tertiary/aromatic N) is 1. The summed E-state index contributed by atoms with van der Waals surface area (Å²) < 4.78 is 0. The third-order valence-corrected chi connectivity index (χ3v) is 6.87. The minimum atomic E-state index is -1.14. The smallest absolute Gasteiger partial charge is 0.326 e. The summed E-state index contributed by atoms with van der Waals surface area (Å²) in [6.07, 6.45) is 3.01. The van der Waals surface area contributed by atoms with E-state index in [1.54, 1.807) is 0 Å². The van der Waals surface area contributed by atoms with Gasteiger partial charge in [0.2, 0.25) is 0 Å². The van der Waals surface area contributed by atoms with Crippen molar-refractivity contribution in [1.82, 2.24) is 10.2 Å². The zero-order valence-electron chi connectivity index (χ0n) is 23.3. The van der Waals surface area contributed by atoms with Crippen LogP contribution in [0.15, 0.2) is 84.9 Å². The topological polar surface area (TPSA) is 107 Å². The average molecular weight is 545 g/mol. The van der Waals surface area contributed by atoms with Crippen LogP contribution >= 0.6 is 0 Å². The number of aliphatic carboxylic acids is 2. The van der Waals surface area contributed by atoms with E-state index < -0.39 is 29.9 Å². The van der Waals surface area contributed by atoms with Crippen molar-refractivity contribution in [3.8, 4) is 11.1 Å². The number of aryl methyl sites for hydroxylation is 1. The predicted octanol–water partition coefficient (Wildman–Crippen LogP) is 6.13. The Morgan fingerprint density at radius 1 is 0.725 bits per heavy atom. The number of hydrogen-bond donors (Lipinski definition) is 3. The second kappa shape index (κ2) is 15.5. The van der Waals surface area contributed by atoms with Crippen molar-refractivity contribution in [2.24, 2.45) is 11.8 Å². The Labute approximate surface area is 236 Å². The fraction of sp³-hybridized carbons (Fsp3) is 0.364. The van der Waals surface area contributed by atoms with E-state index in [0.29, 0.717) is 13.0 Å². The van der Waals surface area contributed by atoms with Gasteiger partial charge in [0.15, 0.2) is 0 Å². The standard InChI is InChI=1S/C33H40N2O5/c1-24(2)22-35(23-29(31(36)37)16-10-9-13-25-11-5-3-6-12-25)33(40)34-30(32(38)39)21-26-17-19-28(20-18-26)27-14-7-4-8-15-27/h3-8,11-12,14-15,17-20,24,29-30H,9-10,13,16,21-23H2,1-2H3,(H,34,40)(H,36,37)(H,38,39)/t29-,30-/m0/s1. The van der Waals surface area contributed by atoms with Crippen LogP contribution in [0.1, 0.15) is 44.2 Å². The number of carboxylic acids is 2. The molecule has 0 aliphatic carbocycles. The third kappa shape index (κ3) is 9.88. The molecular formula is C33H40N2O5. The minimum Gasteiger partial charge on any atom is -0.481 e. The van der Waals surface area contributed by atoms with Crippen molar-refractivity contribution < 1.29 is 24.6 Å². The molecule has 0 unspecified atom stereocenters. The molecular weight excluding hydrogens is 504 g/mol. The first kappa shape index (κ1) is 30.4. The highest BCUT2D eigenvalue weighted by atomic mass is 16.4. The molecule has 7 heteroatoms. The molecule has 0 radical (unpaired) electrons. The lowest BCUT2D eigenvalue weighted by atomic mass is 9.98. The van der Waals surface area contributed by atoms with Gasteiger partial charge in [0.05, 0.1) is 5.92 Å². The number of carbonyl (C=O) groups is 3. The summed E-state index contributed by atoms with van der Waals surface area (Å²) in [7, 11) is 0. The van der Waals surface area contributed by atoms with E-state index in [9.17, 15) is 24.6 Å². The molecule has 0 spiro atoms. The molecule has 3 N–H and O–H groups in total. The quantitative estimate of drug-likeness (QED) is 0.200. The van der Waals surface area contributed by atoms with Crippen LogP contribution in [-0.2, 0) is 22.4 Å². The van der Waals surface area contributed by atoms with Crippen molar-refractivity contribution in [3.05, 3.63) is 96.1 Å². The molecule has 212 valence electrons. The third-order valence-electron chi connectivity index (χ3n) is 6.87. The molecule has 7 nitrogen and oxygen atoms in total. The van der Waals surface area contributed by atoms with E-state index in [4.69, 9.17) is 0 Å². The number of carbonyl (C=O) groups excluding carboxylic acids is 1. The van der Waals surface area contributed by atoms with Crippen LogP contribution in [0.5, 0.6) is 0 Å². The van der Waals surface area contributed by atoms with Gasteiger partial charge >= 0.3 is 18.0 Å². The minimum absolute atomic E-state index is 0.0306. The van der Waals surface area contributed by atoms with Gasteiger partial charge in [-0.1, -0.05) is 105 Å². The van der Waals surface area contributed by atoms with Crippen LogP contribution in [-0.4, -0.2) is 52.2 Å². The maximum Gasteiger partial charge on any atom is 0.326 e. The number of rotatable bonds is 15. The summed E-state index contributed by atoms with van der Waals surface area (Å²) >= 11 is 0. The van der Waals surface area contributed by atoms with E-state index in [-0.39, 0.29) is 18.9 Å². The molecule has 0 aromatic heterocycles. The zero-order chi connectivity index (χ0) is 28.9. The molecule has 2 atom stereocenters. The summed E-state index contributed by atoms with van der Waals surface area (Å²) in [4.78, 5) is 38.8. The van der Waals surface area contributed by atoms with Gasteiger partial charge in [-0.15, -0.1) is 0 Å². The maximum atomic E-state index is 13.3. The lowest BCUT2D eigenvalue weighted by Crippen LogP contribution is -2.51. The second-order valence-electron chi connectivity index (χ2n) is 10.7. The van der Waals surface area contributed by atoms with Crippen molar-refractivity contribution in [2.45, 2.75) is 52.0 Å². The fourth-order valence-corrected chi connectivity index (χ4v) is 4.74. The number of urea groups is 1. The lowest BCUT2D eigenvalue weighted by molar-refractivity contribution is -0.143. The molecule has 40 heavy (non-hydrogen) atoms. The van der Waals surface area contributed by atoms with Crippen LogP contribution < -0.4 is 5.32 Å². The molecule has 0 fully saturated rings. The zero-order valence-corrected chi connectivity index (χ0v) is 23.3. The Hall–Kier alpha value is -4.13. The van der Waals surface area contributed by atoms with Crippen molar-refractivity contribution in [3.63, 3.8) is 0 Å². The van der Waals surface area contributed by atoms with Gasteiger partial charge in [-0.25, -0.2) is 9.59 Å². The number of amides is 2. The highest BCUT2D eigenvalue weighted by molar-refractivity contribution is 5.83. The summed E-state index contributed by atoms with van der Waals surface area (Å²) in [5, 5.41) is 22.4. The average Bonchev–Trinajstić information content (AvgIpc) is 2.94. The molecule has 0 saturated carbocycles. The number of nitrogens with one attached hydrogen (secondary N) is 1. The highest BCUT2D eigenvalue weighted by Crippen LogP contribution is 2.20. The van der Waals surface area contributed by atoms with Gasteiger partial charge in [-0.05, 0) is 47.4 Å². The Morgan fingerprint density at radius 2 is 1.32 bits per heavy atom. The molecule has 0 aliphatic rings. The molecule has 2 amide bonds. The first-order valence-electron chi connectivity index (χ1n) is 13.9. The van der Waals surface area contributed by atoms with Crippen LogP contribution in [0.3, 0.4) is 0 Å². The number of hydrogen-bond acceptors (Lipinski definition) is 3. The van der Waals surface area contributed by atoms with Crippen LogP contribution in [0.25, 0.3) is 11.1 Å². The lowest BCUT2D eigenvalue weighted by Gasteiger charge is -2.29. The van der Waals surface area contributed by atoms with Gasteiger partial charge in [-0.2, -0.15) is 0 Å². The van der Waals surface area contributed by atoms with Crippen LogP contribution in [0.2, 0.25) is 0 Å². The number of carboxylic acid groups (broad SMARTS) is 2. The molecule has 0 heterocycles. The Balaban J connectivity index is 1.61. The molecule has 3 rings (SSSR count). The SMILES string of the molecule is CC(C)CN(C[C@H](CCCCc1ccccc1)C(=O)O)C(=O)N[C@@H](Cc1ccc(-c2ccccc2)cc1)C(=O)O. The normalized spacial score (nSPS) is 12.5. The summed E-state index contributed by atoms with van der Waals surface area (Å²) in [5.41, 5.74) is 4.08. The monoisotopic (exact) mass is 544 g/mol. The fourth-order valence-electron chi connectivity index (χ4n) is 4.74. The van der Waals surface area contributed by atoms with Gasteiger partial charge in [0.1, 0.15) is 6.04 Å². The molecule has 0 aliphatic heterocycles. The molecule has 0 saturated heterocycles. The first-order chi connectivity index (χ1) is 19.2. The molecule has 0 bridgehead atoms. The van der Waals surface area contributed by atoms with Gasteiger partial charge in [-0.3, -0.25) is 4.79 Å².